The molecule has 0 amide bonds. The van der Waals surface area contributed by atoms with Crippen molar-refractivity contribution in [3.63, 3.8) is 0 Å². The summed E-state index contributed by atoms with van der Waals surface area (Å²) in [4.78, 5) is 12.1. The Morgan fingerprint density at radius 1 is 1.09 bits per heavy atom. The highest BCUT2D eigenvalue weighted by Crippen LogP contribution is 2.21. The maximum atomic E-state index is 12.1. The lowest BCUT2D eigenvalue weighted by Crippen LogP contribution is -2.11. The first-order valence-corrected chi connectivity index (χ1v) is 8.87. The molecule has 23 heavy (non-hydrogen) atoms. The van der Waals surface area contributed by atoms with Gasteiger partial charge in [0.2, 0.25) is 0 Å². The predicted molar refractivity (Wildman–Crippen MR) is 97.2 cm³/mol. The number of hydrogen-bond acceptors (Lipinski definition) is 3. The summed E-state index contributed by atoms with van der Waals surface area (Å²) in [6.07, 6.45) is 13.1. The van der Waals surface area contributed by atoms with Gasteiger partial charge in [-0.2, -0.15) is 0 Å². The molecule has 1 heterocycles. The minimum atomic E-state index is -0.00340. The van der Waals surface area contributed by atoms with Crippen molar-refractivity contribution in [1.82, 2.24) is 0 Å². The Labute approximate surface area is 140 Å². The van der Waals surface area contributed by atoms with E-state index in [-0.39, 0.29) is 5.43 Å². The lowest BCUT2D eigenvalue weighted by molar-refractivity contribution is 0.289. The van der Waals surface area contributed by atoms with Crippen LogP contribution < -0.4 is 10.2 Å². The van der Waals surface area contributed by atoms with E-state index in [1.165, 1.54) is 52.1 Å². The summed E-state index contributed by atoms with van der Waals surface area (Å²) in [7, 11) is 1.52. The number of methoxy groups -OCH3 is 1. The molecule has 1 aromatic heterocycles. The SMILES string of the molecule is CCCCCCCCC(C)C=Cc1oc(OC)c(C)c(=O)c1C. The zero-order valence-electron chi connectivity index (χ0n) is 15.4. The predicted octanol–water partition coefficient (Wildman–Crippen LogP) is 5.67. The lowest BCUT2D eigenvalue weighted by Gasteiger charge is -2.08. The van der Waals surface area contributed by atoms with Crippen LogP contribution >= 0.6 is 0 Å². The second-order valence-corrected chi connectivity index (χ2v) is 6.43. The Hall–Kier alpha value is -1.51. The third kappa shape index (κ3) is 6.25. The van der Waals surface area contributed by atoms with Gasteiger partial charge < -0.3 is 9.15 Å². The Bertz CT molecular complexity index is 555. The van der Waals surface area contributed by atoms with Crippen molar-refractivity contribution in [3.05, 3.63) is 33.2 Å². The van der Waals surface area contributed by atoms with Crippen LogP contribution in [0.2, 0.25) is 0 Å². The average Bonchev–Trinajstić information content (AvgIpc) is 2.55. The van der Waals surface area contributed by atoms with Crippen LogP contribution in [0.3, 0.4) is 0 Å². The molecule has 0 saturated heterocycles. The van der Waals surface area contributed by atoms with Crippen molar-refractivity contribution in [2.75, 3.05) is 7.11 Å². The summed E-state index contributed by atoms with van der Waals surface area (Å²) in [5.41, 5.74) is 1.17. The van der Waals surface area contributed by atoms with E-state index in [4.69, 9.17) is 9.15 Å². The van der Waals surface area contributed by atoms with Gasteiger partial charge in [0.15, 0.2) is 5.43 Å². The molecule has 1 rings (SSSR count). The van der Waals surface area contributed by atoms with Crippen molar-refractivity contribution in [2.24, 2.45) is 5.92 Å². The van der Waals surface area contributed by atoms with Gasteiger partial charge in [0, 0.05) is 5.56 Å². The molecule has 0 spiro atoms. The summed E-state index contributed by atoms with van der Waals surface area (Å²) in [6.45, 7) is 7.98. The monoisotopic (exact) mass is 320 g/mol. The molecule has 0 fully saturated rings. The van der Waals surface area contributed by atoms with E-state index in [0.717, 1.165) is 0 Å². The quantitative estimate of drug-likeness (QED) is 0.522. The molecule has 0 aliphatic carbocycles. The molecule has 0 aliphatic rings. The molecule has 0 radical (unpaired) electrons. The molecule has 0 aliphatic heterocycles. The van der Waals surface area contributed by atoms with Crippen molar-refractivity contribution in [1.29, 1.82) is 0 Å². The zero-order chi connectivity index (χ0) is 17.2. The van der Waals surface area contributed by atoms with Crippen LogP contribution in [-0.2, 0) is 0 Å². The van der Waals surface area contributed by atoms with E-state index in [1.807, 2.05) is 6.08 Å². The minimum Gasteiger partial charge on any atom is -0.468 e. The molecule has 0 saturated carbocycles. The molecule has 3 heteroatoms. The maximum Gasteiger partial charge on any atom is 0.291 e. The molecule has 1 atom stereocenters. The van der Waals surface area contributed by atoms with E-state index >= 15 is 0 Å². The highest BCUT2D eigenvalue weighted by molar-refractivity contribution is 5.49. The molecule has 0 bridgehead atoms. The van der Waals surface area contributed by atoms with E-state index in [2.05, 4.69) is 19.9 Å². The fourth-order valence-corrected chi connectivity index (χ4v) is 2.69. The van der Waals surface area contributed by atoms with Gasteiger partial charge in [-0.3, -0.25) is 4.79 Å². The summed E-state index contributed by atoms with van der Waals surface area (Å²) < 4.78 is 10.8. The first-order valence-electron chi connectivity index (χ1n) is 8.87. The lowest BCUT2D eigenvalue weighted by atomic mass is 10.0. The van der Waals surface area contributed by atoms with E-state index in [9.17, 15) is 4.79 Å². The van der Waals surface area contributed by atoms with Gasteiger partial charge in [-0.1, -0.05) is 58.4 Å². The highest BCUT2D eigenvalue weighted by atomic mass is 16.6. The fourth-order valence-electron chi connectivity index (χ4n) is 2.69. The van der Waals surface area contributed by atoms with Gasteiger partial charge >= 0.3 is 0 Å². The second kappa shape index (κ2) is 10.3. The first kappa shape index (κ1) is 19.5. The second-order valence-electron chi connectivity index (χ2n) is 6.43. The Morgan fingerprint density at radius 2 is 1.74 bits per heavy atom. The smallest absolute Gasteiger partial charge is 0.291 e. The molecular formula is C20H32O3. The Morgan fingerprint density at radius 3 is 2.39 bits per heavy atom. The third-order valence-electron chi connectivity index (χ3n) is 4.33. The molecule has 130 valence electrons. The van der Waals surface area contributed by atoms with E-state index in [1.54, 1.807) is 13.8 Å². The summed E-state index contributed by atoms with van der Waals surface area (Å²) >= 11 is 0. The van der Waals surface area contributed by atoms with Gasteiger partial charge in [0.25, 0.3) is 5.95 Å². The van der Waals surface area contributed by atoms with E-state index < -0.39 is 0 Å². The van der Waals surface area contributed by atoms with Gasteiger partial charge in [0.05, 0.1) is 12.7 Å². The van der Waals surface area contributed by atoms with Gasteiger partial charge in [-0.05, 0) is 32.3 Å². The zero-order valence-corrected chi connectivity index (χ0v) is 15.4. The van der Waals surface area contributed by atoms with Crippen LogP contribution in [-0.4, -0.2) is 7.11 Å². The van der Waals surface area contributed by atoms with Crippen LogP contribution in [0.1, 0.15) is 75.7 Å². The Balaban J connectivity index is 2.56. The summed E-state index contributed by atoms with van der Waals surface area (Å²) in [5, 5.41) is 0. The topological polar surface area (TPSA) is 39.4 Å². The summed E-state index contributed by atoms with van der Waals surface area (Å²) in [5.74, 6) is 1.40. The third-order valence-corrected chi connectivity index (χ3v) is 4.33. The van der Waals surface area contributed by atoms with Crippen molar-refractivity contribution in [3.8, 4) is 5.95 Å². The number of allylic oxidation sites excluding steroid dienone is 1. The van der Waals surface area contributed by atoms with Crippen LogP contribution in [0.5, 0.6) is 5.95 Å². The molecule has 1 aromatic rings. The number of rotatable bonds is 10. The van der Waals surface area contributed by atoms with E-state index in [0.29, 0.717) is 28.8 Å². The van der Waals surface area contributed by atoms with Crippen LogP contribution in [0, 0.1) is 19.8 Å². The number of ether oxygens (including phenoxy) is 1. The normalized spacial score (nSPS) is 12.7. The van der Waals surface area contributed by atoms with Crippen molar-refractivity contribution in [2.45, 2.75) is 72.6 Å². The summed E-state index contributed by atoms with van der Waals surface area (Å²) in [6, 6.07) is 0. The van der Waals surface area contributed by atoms with Crippen LogP contribution in [0.25, 0.3) is 6.08 Å². The van der Waals surface area contributed by atoms with Crippen molar-refractivity contribution >= 4 is 6.08 Å². The number of unbranched alkanes of at least 4 members (excludes halogenated alkanes) is 5. The largest absolute Gasteiger partial charge is 0.468 e. The molecular weight excluding hydrogens is 288 g/mol. The van der Waals surface area contributed by atoms with Gasteiger partial charge in [0.1, 0.15) is 5.76 Å². The molecule has 1 unspecified atom stereocenters. The average molecular weight is 320 g/mol. The molecule has 0 aromatic carbocycles. The van der Waals surface area contributed by atoms with Crippen molar-refractivity contribution < 1.29 is 9.15 Å². The number of hydrogen-bond donors (Lipinski definition) is 0. The standard InChI is InChI=1S/C20H32O3/c1-6-7-8-9-10-11-12-15(2)13-14-18-16(3)19(21)17(4)20(22-5)23-18/h13-15H,6-12H2,1-5H3. The van der Waals surface area contributed by atoms with Gasteiger partial charge in [-0.15, -0.1) is 0 Å². The highest BCUT2D eigenvalue weighted by Gasteiger charge is 2.12. The Kier molecular flexibility index (Phi) is 8.75. The van der Waals surface area contributed by atoms with Crippen LogP contribution in [0.15, 0.2) is 15.3 Å². The minimum absolute atomic E-state index is 0.00340. The fraction of sp³-hybridized carbons (Fsp3) is 0.650. The van der Waals surface area contributed by atoms with Gasteiger partial charge in [-0.25, -0.2) is 0 Å². The maximum absolute atomic E-state index is 12.1. The first-order chi connectivity index (χ1) is 11.0. The van der Waals surface area contributed by atoms with Crippen LogP contribution in [0.4, 0.5) is 0 Å². The molecule has 0 N–H and O–H groups in total. The molecule has 3 nitrogen and oxygen atoms in total.